The van der Waals surface area contributed by atoms with E-state index in [9.17, 15) is 9.90 Å². The van der Waals surface area contributed by atoms with Crippen LogP contribution in [0.4, 0.5) is 0 Å². The smallest absolute Gasteiger partial charge is 0.274 e. The highest BCUT2D eigenvalue weighted by Gasteiger charge is 2.42. The second-order valence-electron chi connectivity index (χ2n) is 5.95. The molecule has 0 unspecified atom stereocenters. The molecular formula is C15H22N4O2. The van der Waals surface area contributed by atoms with Gasteiger partial charge < -0.3 is 10.0 Å². The summed E-state index contributed by atoms with van der Waals surface area (Å²) in [7, 11) is 1.75. The molecule has 3 atom stereocenters. The lowest BCUT2D eigenvalue weighted by Crippen LogP contribution is -2.48. The fourth-order valence-corrected chi connectivity index (χ4v) is 3.57. The number of nitrogens with zero attached hydrogens (tertiary/aromatic N) is 4. The van der Waals surface area contributed by atoms with Gasteiger partial charge in [0.1, 0.15) is 5.69 Å². The van der Waals surface area contributed by atoms with Crippen molar-refractivity contribution in [1.29, 1.82) is 0 Å². The van der Waals surface area contributed by atoms with Crippen LogP contribution in [0.1, 0.15) is 36.2 Å². The second-order valence-corrected chi connectivity index (χ2v) is 5.95. The van der Waals surface area contributed by atoms with Gasteiger partial charge >= 0.3 is 0 Å². The number of likely N-dealkylation sites (N-methyl/N-ethyl adjacent to an activating group) is 1. The van der Waals surface area contributed by atoms with Crippen molar-refractivity contribution in [2.24, 2.45) is 0 Å². The Hall–Kier alpha value is -1.53. The van der Waals surface area contributed by atoms with Crippen LogP contribution in [0.15, 0.2) is 18.6 Å². The van der Waals surface area contributed by atoms with E-state index in [1.165, 1.54) is 25.2 Å². The van der Waals surface area contributed by atoms with E-state index in [0.29, 0.717) is 5.69 Å². The first-order chi connectivity index (χ1) is 10.2. The lowest BCUT2D eigenvalue weighted by Gasteiger charge is -2.31. The third kappa shape index (κ3) is 2.78. The lowest BCUT2D eigenvalue weighted by molar-refractivity contribution is 0.0293. The summed E-state index contributed by atoms with van der Waals surface area (Å²) in [4.78, 5) is 24.4. The zero-order chi connectivity index (χ0) is 14.8. The molecule has 0 radical (unpaired) electrons. The Morgan fingerprint density at radius 3 is 2.76 bits per heavy atom. The molecule has 21 heavy (non-hydrogen) atoms. The summed E-state index contributed by atoms with van der Waals surface area (Å²) >= 11 is 0. The van der Waals surface area contributed by atoms with E-state index in [0.717, 1.165) is 25.9 Å². The summed E-state index contributed by atoms with van der Waals surface area (Å²) in [6.45, 7) is 2.13. The molecule has 2 aliphatic rings. The van der Waals surface area contributed by atoms with Gasteiger partial charge in [-0.2, -0.15) is 0 Å². The number of carbonyl (C=O) groups is 1. The van der Waals surface area contributed by atoms with Crippen molar-refractivity contribution >= 4 is 5.91 Å². The second kappa shape index (κ2) is 6.07. The Morgan fingerprint density at radius 2 is 2.10 bits per heavy atom. The third-order valence-corrected chi connectivity index (χ3v) is 4.76. The highest BCUT2D eigenvalue weighted by atomic mass is 16.3. The summed E-state index contributed by atoms with van der Waals surface area (Å²) in [5.41, 5.74) is 0.330. The molecule has 1 N–H and O–H groups in total. The molecule has 1 aromatic heterocycles. The average Bonchev–Trinajstić information content (AvgIpc) is 3.16. The maximum atomic E-state index is 12.4. The molecule has 0 spiro atoms. The van der Waals surface area contributed by atoms with Gasteiger partial charge in [-0.05, 0) is 38.8 Å². The zero-order valence-electron chi connectivity index (χ0n) is 12.4. The van der Waals surface area contributed by atoms with E-state index in [1.807, 2.05) is 0 Å². The van der Waals surface area contributed by atoms with Crippen LogP contribution in [0.25, 0.3) is 0 Å². The predicted octanol–water partition coefficient (Wildman–Crippen LogP) is 0.536. The molecule has 114 valence electrons. The van der Waals surface area contributed by atoms with Crippen molar-refractivity contribution < 1.29 is 9.90 Å². The zero-order valence-corrected chi connectivity index (χ0v) is 12.4. The van der Waals surface area contributed by atoms with Gasteiger partial charge in [0.05, 0.1) is 18.3 Å². The standard InChI is InChI=1S/C15H22N4O2/c1-18(15(21)11-10-16-6-7-17-11)12-4-5-13(14(12)20)19-8-2-3-9-19/h6-7,10,12-14,20H,2-5,8-9H2,1H3/t12-,13-,14-/m1/s1. The Kier molecular flexibility index (Phi) is 4.17. The van der Waals surface area contributed by atoms with Crippen molar-refractivity contribution in [1.82, 2.24) is 19.8 Å². The molecule has 6 nitrogen and oxygen atoms in total. The molecule has 0 bridgehead atoms. The van der Waals surface area contributed by atoms with Crippen LogP contribution in [0.3, 0.4) is 0 Å². The third-order valence-electron chi connectivity index (χ3n) is 4.76. The highest BCUT2D eigenvalue weighted by molar-refractivity contribution is 5.92. The number of aromatic nitrogens is 2. The summed E-state index contributed by atoms with van der Waals surface area (Å²) in [5.74, 6) is -0.172. The van der Waals surface area contributed by atoms with E-state index in [2.05, 4.69) is 14.9 Å². The number of rotatable bonds is 3. The molecule has 2 heterocycles. The van der Waals surface area contributed by atoms with Crippen molar-refractivity contribution in [3.05, 3.63) is 24.3 Å². The van der Waals surface area contributed by atoms with Gasteiger partial charge in [0, 0.05) is 25.5 Å². The van der Waals surface area contributed by atoms with Crippen molar-refractivity contribution in [2.45, 2.75) is 43.9 Å². The topological polar surface area (TPSA) is 69.6 Å². The van der Waals surface area contributed by atoms with Crippen LogP contribution in [0, 0.1) is 0 Å². The van der Waals surface area contributed by atoms with Gasteiger partial charge in [-0.1, -0.05) is 0 Å². The van der Waals surface area contributed by atoms with Crippen molar-refractivity contribution in [3.63, 3.8) is 0 Å². The number of carbonyl (C=O) groups excluding carboxylic acids is 1. The lowest BCUT2D eigenvalue weighted by atomic mass is 10.1. The van der Waals surface area contributed by atoms with Gasteiger partial charge in [0.25, 0.3) is 5.91 Å². The Labute approximate surface area is 124 Å². The molecule has 6 heteroatoms. The van der Waals surface area contributed by atoms with E-state index in [-0.39, 0.29) is 18.0 Å². The van der Waals surface area contributed by atoms with Crippen LogP contribution in [0.2, 0.25) is 0 Å². The van der Waals surface area contributed by atoms with Crippen LogP contribution in [0.5, 0.6) is 0 Å². The first kappa shape index (κ1) is 14.4. The number of hydrogen-bond donors (Lipinski definition) is 1. The molecular weight excluding hydrogens is 268 g/mol. The Balaban J connectivity index is 1.68. The minimum absolute atomic E-state index is 0.134. The van der Waals surface area contributed by atoms with Crippen LogP contribution < -0.4 is 0 Å². The fraction of sp³-hybridized carbons (Fsp3) is 0.667. The van der Waals surface area contributed by atoms with Crippen LogP contribution in [-0.4, -0.2) is 69.1 Å². The number of hydrogen-bond acceptors (Lipinski definition) is 5. The molecule has 1 saturated carbocycles. The summed E-state index contributed by atoms with van der Waals surface area (Å²) < 4.78 is 0. The molecule has 0 aromatic carbocycles. The predicted molar refractivity (Wildman–Crippen MR) is 77.7 cm³/mol. The Bertz CT molecular complexity index is 490. The number of likely N-dealkylation sites (tertiary alicyclic amines) is 1. The summed E-state index contributed by atoms with van der Waals surface area (Å²) in [6.07, 6.45) is 8.26. The fourth-order valence-electron chi connectivity index (χ4n) is 3.57. The van der Waals surface area contributed by atoms with Crippen molar-refractivity contribution in [2.75, 3.05) is 20.1 Å². The minimum atomic E-state index is -0.478. The maximum absolute atomic E-state index is 12.4. The molecule has 1 amide bonds. The number of aliphatic hydroxyl groups excluding tert-OH is 1. The van der Waals surface area contributed by atoms with E-state index in [4.69, 9.17) is 0 Å². The summed E-state index contributed by atoms with van der Waals surface area (Å²) in [5, 5.41) is 10.6. The molecule has 1 aliphatic carbocycles. The van der Waals surface area contributed by atoms with Crippen molar-refractivity contribution in [3.8, 4) is 0 Å². The average molecular weight is 290 g/mol. The summed E-state index contributed by atoms with van der Waals surface area (Å²) in [6, 6.07) is 0.0553. The van der Waals surface area contributed by atoms with E-state index < -0.39 is 6.10 Å². The first-order valence-electron chi connectivity index (χ1n) is 7.64. The molecule has 1 aromatic rings. The monoisotopic (exact) mass is 290 g/mol. The van der Waals surface area contributed by atoms with Crippen LogP contribution >= 0.6 is 0 Å². The molecule has 1 aliphatic heterocycles. The largest absolute Gasteiger partial charge is 0.389 e. The molecule has 2 fully saturated rings. The quantitative estimate of drug-likeness (QED) is 0.879. The van der Waals surface area contributed by atoms with E-state index >= 15 is 0 Å². The molecule has 1 saturated heterocycles. The van der Waals surface area contributed by atoms with Gasteiger partial charge in [-0.15, -0.1) is 0 Å². The number of aliphatic hydroxyl groups is 1. The first-order valence-corrected chi connectivity index (χ1v) is 7.64. The maximum Gasteiger partial charge on any atom is 0.274 e. The minimum Gasteiger partial charge on any atom is -0.389 e. The number of amides is 1. The molecule has 3 rings (SSSR count). The van der Waals surface area contributed by atoms with E-state index in [1.54, 1.807) is 18.1 Å². The highest BCUT2D eigenvalue weighted by Crippen LogP contribution is 2.30. The van der Waals surface area contributed by atoms with Gasteiger partial charge in [-0.3, -0.25) is 14.7 Å². The normalized spacial score (nSPS) is 29.7. The van der Waals surface area contributed by atoms with Crippen LogP contribution in [-0.2, 0) is 0 Å². The Morgan fingerprint density at radius 1 is 1.33 bits per heavy atom. The van der Waals surface area contributed by atoms with Gasteiger partial charge in [0.2, 0.25) is 0 Å². The van der Waals surface area contributed by atoms with Gasteiger partial charge in [-0.25, -0.2) is 4.98 Å². The SMILES string of the molecule is CN(C(=O)c1cnccn1)[C@@H]1CC[C@@H](N2CCCC2)[C@@H]1O. The van der Waals surface area contributed by atoms with Gasteiger partial charge in [0.15, 0.2) is 0 Å².